The van der Waals surface area contributed by atoms with Gasteiger partial charge in [0.25, 0.3) is 0 Å². The van der Waals surface area contributed by atoms with Crippen LogP contribution in [-0.4, -0.2) is 50.5 Å². The van der Waals surface area contributed by atoms with Gasteiger partial charge in [-0.25, -0.2) is 13.2 Å². The number of sulfonamides is 1. The van der Waals surface area contributed by atoms with Gasteiger partial charge in [0.1, 0.15) is 0 Å². The Morgan fingerprint density at radius 2 is 1.87 bits per heavy atom. The summed E-state index contributed by atoms with van der Waals surface area (Å²) in [5.41, 5.74) is 1.35. The van der Waals surface area contributed by atoms with Gasteiger partial charge >= 0.3 is 5.76 Å². The summed E-state index contributed by atoms with van der Waals surface area (Å²) in [4.78, 5) is 26.6. The summed E-state index contributed by atoms with van der Waals surface area (Å²) in [5, 5.41) is 3.07. The van der Waals surface area contributed by atoms with Crippen molar-refractivity contribution < 1.29 is 17.6 Å². The predicted octanol–water partition coefficient (Wildman–Crippen LogP) is 2.12. The third-order valence-electron chi connectivity index (χ3n) is 4.55. The molecular weight excluding hydrogens is 444 g/mol. The lowest BCUT2D eigenvalue weighted by molar-refractivity contribution is -0.117. The molecule has 0 aliphatic heterocycles. The number of hydrogen-bond acceptors (Lipinski definition) is 6. The molecular formula is C20H23ClN4O5S. The standard InChI is InChI=1S/C20H23ClN4O5S/c1-13(23-31(28,29)16-7-4-14(21)5-8-16)19(26)22-15-6-9-18-17(12-15)25(20(27)30-18)11-10-24(2)3/h4-9,12-13,23H,10-11H2,1-3H3,(H,22,26)/t13-/m0/s1. The summed E-state index contributed by atoms with van der Waals surface area (Å²) in [6.45, 7) is 2.49. The number of halogens is 1. The summed E-state index contributed by atoms with van der Waals surface area (Å²) in [6.07, 6.45) is 0. The second-order valence-electron chi connectivity index (χ2n) is 7.29. The molecule has 0 saturated carbocycles. The Labute approximate surface area is 184 Å². The fraction of sp³-hybridized carbons (Fsp3) is 0.300. The van der Waals surface area contributed by atoms with Gasteiger partial charge in [0, 0.05) is 23.8 Å². The van der Waals surface area contributed by atoms with Crippen LogP contribution in [0.25, 0.3) is 11.1 Å². The summed E-state index contributed by atoms with van der Waals surface area (Å²) in [7, 11) is -0.113. The normalized spacial score (nSPS) is 12.9. The minimum atomic E-state index is -3.90. The van der Waals surface area contributed by atoms with Crippen molar-refractivity contribution >= 4 is 44.3 Å². The Balaban J connectivity index is 1.75. The smallest absolute Gasteiger partial charge is 0.408 e. The Kier molecular flexibility index (Phi) is 6.85. The van der Waals surface area contributed by atoms with Gasteiger partial charge in [-0.15, -0.1) is 0 Å². The first-order chi connectivity index (χ1) is 14.6. The van der Waals surface area contributed by atoms with E-state index < -0.39 is 27.7 Å². The Morgan fingerprint density at radius 3 is 2.52 bits per heavy atom. The lowest BCUT2D eigenvalue weighted by Gasteiger charge is -2.15. The molecule has 31 heavy (non-hydrogen) atoms. The number of hydrogen-bond donors (Lipinski definition) is 2. The van der Waals surface area contributed by atoms with E-state index in [-0.39, 0.29) is 4.90 Å². The number of oxazole rings is 1. The van der Waals surface area contributed by atoms with Crippen molar-refractivity contribution in [1.82, 2.24) is 14.2 Å². The van der Waals surface area contributed by atoms with Crippen molar-refractivity contribution in [2.24, 2.45) is 0 Å². The molecule has 0 radical (unpaired) electrons. The first kappa shape index (κ1) is 23.0. The molecule has 0 spiro atoms. The third kappa shape index (κ3) is 5.53. The largest absolute Gasteiger partial charge is 0.419 e. The van der Waals surface area contributed by atoms with E-state index in [0.717, 1.165) is 0 Å². The molecule has 9 nitrogen and oxygen atoms in total. The van der Waals surface area contributed by atoms with Crippen molar-refractivity contribution in [3.63, 3.8) is 0 Å². The van der Waals surface area contributed by atoms with E-state index in [9.17, 15) is 18.0 Å². The van der Waals surface area contributed by atoms with Crippen molar-refractivity contribution in [2.75, 3.05) is 26.0 Å². The second kappa shape index (κ2) is 9.23. The summed E-state index contributed by atoms with van der Waals surface area (Å²) < 4.78 is 34.0. The number of benzene rings is 2. The monoisotopic (exact) mass is 466 g/mol. The zero-order valence-electron chi connectivity index (χ0n) is 17.3. The lowest BCUT2D eigenvalue weighted by Crippen LogP contribution is -2.41. The van der Waals surface area contributed by atoms with Crippen LogP contribution in [0, 0.1) is 0 Å². The van der Waals surface area contributed by atoms with E-state index in [1.54, 1.807) is 18.2 Å². The van der Waals surface area contributed by atoms with Gasteiger partial charge in [-0.1, -0.05) is 11.6 Å². The first-order valence-electron chi connectivity index (χ1n) is 9.44. The van der Waals surface area contributed by atoms with Gasteiger partial charge in [0.2, 0.25) is 15.9 Å². The van der Waals surface area contributed by atoms with Crippen LogP contribution in [0.5, 0.6) is 0 Å². The molecule has 166 valence electrons. The Morgan fingerprint density at radius 1 is 1.19 bits per heavy atom. The van der Waals surface area contributed by atoms with Crippen LogP contribution in [0.2, 0.25) is 5.02 Å². The minimum Gasteiger partial charge on any atom is -0.408 e. The maximum atomic E-state index is 12.6. The average molecular weight is 467 g/mol. The molecule has 1 heterocycles. The quantitative estimate of drug-likeness (QED) is 0.525. The Bertz CT molecular complexity index is 1250. The van der Waals surface area contributed by atoms with Crippen LogP contribution in [0.4, 0.5) is 5.69 Å². The molecule has 2 aromatic carbocycles. The van der Waals surface area contributed by atoms with Crippen LogP contribution in [0.3, 0.4) is 0 Å². The molecule has 11 heteroatoms. The lowest BCUT2D eigenvalue weighted by atomic mass is 10.2. The topological polar surface area (TPSA) is 114 Å². The number of likely N-dealkylation sites (N-methyl/N-ethyl adjacent to an activating group) is 1. The fourth-order valence-corrected chi connectivity index (χ4v) is 4.20. The number of nitrogens with zero attached hydrogens (tertiary/aromatic N) is 2. The zero-order chi connectivity index (χ0) is 22.8. The van der Waals surface area contributed by atoms with Crippen LogP contribution in [0.1, 0.15) is 6.92 Å². The molecule has 0 aliphatic carbocycles. The molecule has 0 bridgehead atoms. The number of anilines is 1. The van der Waals surface area contributed by atoms with Gasteiger partial charge in [-0.3, -0.25) is 9.36 Å². The molecule has 3 aromatic rings. The number of aromatic nitrogens is 1. The summed E-state index contributed by atoms with van der Waals surface area (Å²) >= 11 is 5.79. The van der Waals surface area contributed by atoms with Crippen molar-refractivity contribution in [3.05, 3.63) is 58.0 Å². The first-order valence-corrected chi connectivity index (χ1v) is 11.3. The van der Waals surface area contributed by atoms with Gasteiger partial charge < -0.3 is 14.6 Å². The molecule has 2 N–H and O–H groups in total. The number of carbonyl (C=O) groups is 1. The van der Waals surface area contributed by atoms with Gasteiger partial charge in [-0.05, 0) is 63.5 Å². The molecule has 1 aromatic heterocycles. The minimum absolute atomic E-state index is 0.00118. The van der Waals surface area contributed by atoms with E-state index in [0.29, 0.717) is 34.9 Å². The molecule has 1 amide bonds. The molecule has 0 unspecified atom stereocenters. The van der Waals surface area contributed by atoms with E-state index in [2.05, 4.69) is 10.0 Å². The van der Waals surface area contributed by atoms with E-state index in [1.165, 1.54) is 35.8 Å². The van der Waals surface area contributed by atoms with Gasteiger partial charge in [0.15, 0.2) is 5.58 Å². The van der Waals surface area contributed by atoms with Crippen LogP contribution >= 0.6 is 11.6 Å². The second-order valence-corrected chi connectivity index (χ2v) is 9.44. The van der Waals surface area contributed by atoms with Crippen molar-refractivity contribution in [1.29, 1.82) is 0 Å². The highest BCUT2D eigenvalue weighted by Crippen LogP contribution is 2.19. The number of rotatable bonds is 8. The van der Waals surface area contributed by atoms with Gasteiger partial charge in [0.05, 0.1) is 16.5 Å². The maximum absolute atomic E-state index is 12.6. The molecule has 0 aliphatic rings. The average Bonchev–Trinajstić information content (AvgIpc) is 3.00. The highest BCUT2D eigenvalue weighted by atomic mass is 35.5. The highest BCUT2D eigenvalue weighted by molar-refractivity contribution is 7.89. The number of nitrogens with one attached hydrogen (secondary N) is 2. The van der Waals surface area contributed by atoms with Crippen molar-refractivity contribution in [2.45, 2.75) is 24.4 Å². The van der Waals surface area contributed by atoms with Gasteiger partial charge in [-0.2, -0.15) is 4.72 Å². The molecule has 1 atom stereocenters. The number of fused-ring (bicyclic) bond motifs is 1. The molecule has 3 rings (SSSR count). The van der Waals surface area contributed by atoms with E-state index in [1.807, 2.05) is 19.0 Å². The third-order valence-corrected chi connectivity index (χ3v) is 6.36. The number of amides is 1. The van der Waals surface area contributed by atoms with E-state index >= 15 is 0 Å². The van der Waals surface area contributed by atoms with Crippen LogP contribution in [-0.2, 0) is 21.4 Å². The summed E-state index contributed by atoms with van der Waals surface area (Å²) in [6, 6.07) is 9.36. The summed E-state index contributed by atoms with van der Waals surface area (Å²) in [5.74, 6) is -1.04. The van der Waals surface area contributed by atoms with Crippen LogP contribution in [0.15, 0.2) is 56.6 Å². The number of carbonyl (C=O) groups excluding carboxylic acids is 1. The SMILES string of the molecule is C[C@H](NS(=O)(=O)c1ccc(Cl)cc1)C(=O)Nc1ccc2oc(=O)n(CCN(C)C)c2c1. The highest BCUT2D eigenvalue weighted by Gasteiger charge is 2.22. The van der Waals surface area contributed by atoms with Crippen LogP contribution < -0.4 is 15.8 Å². The fourth-order valence-electron chi connectivity index (χ4n) is 2.87. The van der Waals surface area contributed by atoms with E-state index in [4.69, 9.17) is 16.0 Å². The molecule has 0 saturated heterocycles. The maximum Gasteiger partial charge on any atom is 0.419 e. The zero-order valence-corrected chi connectivity index (χ0v) is 18.8. The predicted molar refractivity (Wildman–Crippen MR) is 119 cm³/mol. The Hall–Kier alpha value is -2.66. The molecule has 0 fully saturated rings. The van der Waals surface area contributed by atoms with Crippen molar-refractivity contribution in [3.8, 4) is 0 Å².